The molecule has 0 aliphatic rings. The van der Waals surface area contributed by atoms with E-state index in [4.69, 9.17) is 0 Å². The van der Waals surface area contributed by atoms with Crippen molar-refractivity contribution in [3.05, 3.63) is 0 Å². The predicted molar refractivity (Wildman–Crippen MR) is 61.9 cm³/mol. The molecule has 0 radical (unpaired) electrons. The van der Waals surface area contributed by atoms with Gasteiger partial charge in [-0.05, 0) is 24.2 Å². The zero-order valence-corrected chi connectivity index (χ0v) is 10.3. The topological polar surface area (TPSA) is 0 Å². The van der Waals surface area contributed by atoms with Crippen LogP contribution in [0.25, 0.3) is 0 Å². The van der Waals surface area contributed by atoms with E-state index in [1.54, 1.807) is 0 Å². The molecule has 13 heavy (non-hydrogen) atoms. The molecule has 0 rings (SSSR count). The maximum Gasteiger partial charge on any atom is -0.0365 e. The van der Waals surface area contributed by atoms with Crippen molar-refractivity contribution in [2.75, 3.05) is 0 Å². The standard InChI is InChI=1S/C13H28/c1-6-8-9-10-13(11(3)4)12(5)7-2/h11-13H,6-10H2,1-5H3. The van der Waals surface area contributed by atoms with Crippen molar-refractivity contribution in [1.82, 2.24) is 0 Å². The van der Waals surface area contributed by atoms with Gasteiger partial charge in [0.2, 0.25) is 0 Å². The van der Waals surface area contributed by atoms with Crippen LogP contribution in [0.4, 0.5) is 0 Å². The Morgan fingerprint density at radius 3 is 1.92 bits per heavy atom. The van der Waals surface area contributed by atoms with E-state index in [-0.39, 0.29) is 0 Å². The van der Waals surface area contributed by atoms with Gasteiger partial charge in [0.15, 0.2) is 0 Å². The average Bonchev–Trinajstić information content (AvgIpc) is 2.11. The molecule has 0 aliphatic carbocycles. The van der Waals surface area contributed by atoms with Gasteiger partial charge in [-0.3, -0.25) is 0 Å². The smallest absolute Gasteiger partial charge is 0.0365 e. The molecule has 0 heterocycles. The molecule has 0 spiro atoms. The van der Waals surface area contributed by atoms with E-state index in [0.717, 1.165) is 17.8 Å². The second-order valence-electron chi connectivity index (χ2n) is 4.79. The van der Waals surface area contributed by atoms with E-state index in [0.29, 0.717) is 0 Å². The molecule has 0 bridgehead atoms. The molecular weight excluding hydrogens is 156 g/mol. The minimum Gasteiger partial charge on any atom is -0.0654 e. The predicted octanol–water partition coefficient (Wildman–Crippen LogP) is 4.89. The third-order valence-corrected chi connectivity index (χ3v) is 3.37. The summed E-state index contributed by atoms with van der Waals surface area (Å²) in [5.74, 6) is 2.74. The molecule has 0 N–H and O–H groups in total. The van der Waals surface area contributed by atoms with Crippen molar-refractivity contribution < 1.29 is 0 Å². The molecule has 0 saturated heterocycles. The van der Waals surface area contributed by atoms with Gasteiger partial charge in [-0.1, -0.05) is 60.3 Å². The third kappa shape index (κ3) is 5.33. The van der Waals surface area contributed by atoms with Crippen LogP contribution in [-0.4, -0.2) is 0 Å². The third-order valence-electron chi connectivity index (χ3n) is 3.37. The Bertz CT molecular complexity index is 105. The molecule has 0 aromatic carbocycles. The average molecular weight is 184 g/mol. The lowest BCUT2D eigenvalue weighted by molar-refractivity contribution is 0.241. The first-order valence-electron chi connectivity index (χ1n) is 6.13. The number of hydrogen-bond donors (Lipinski definition) is 0. The molecule has 0 amide bonds. The van der Waals surface area contributed by atoms with Gasteiger partial charge in [0, 0.05) is 0 Å². The van der Waals surface area contributed by atoms with Gasteiger partial charge in [-0.25, -0.2) is 0 Å². The monoisotopic (exact) mass is 184 g/mol. The Kier molecular flexibility index (Phi) is 7.41. The van der Waals surface area contributed by atoms with Crippen LogP contribution in [0, 0.1) is 17.8 Å². The van der Waals surface area contributed by atoms with Crippen LogP contribution >= 0.6 is 0 Å². The quantitative estimate of drug-likeness (QED) is 0.494. The zero-order chi connectivity index (χ0) is 10.3. The first kappa shape index (κ1) is 13.0. The lowest BCUT2D eigenvalue weighted by Crippen LogP contribution is -2.17. The number of unbranched alkanes of at least 4 members (excludes halogenated alkanes) is 2. The summed E-state index contributed by atoms with van der Waals surface area (Å²) in [5.41, 5.74) is 0. The van der Waals surface area contributed by atoms with Crippen LogP contribution in [-0.2, 0) is 0 Å². The highest BCUT2D eigenvalue weighted by atomic mass is 14.2. The molecule has 0 heteroatoms. The SMILES string of the molecule is CCCCCC(C(C)C)C(C)CC. The zero-order valence-electron chi connectivity index (χ0n) is 10.3. The van der Waals surface area contributed by atoms with Gasteiger partial charge in [-0.15, -0.1) is 0 Å². The highest BCUT2D eigenvalue weighted by Gasteiger charge is 2.18. The fourth-order valence-corrected chi connectivity index (χ4v) is 2.21. The summed E-state index contributed by atoms with van der Waals surface area (Å²) in [6.07, 6.45) is 6.99. The van der Waals surface area contributed by atoms with Gasteiger partial charge in [-0.2, -0.15) is 0 Å². The fourth-order valence-electron chi connectivity index (χ4n) is 2.21. The van der Waals surface area contributed by atoms with E-state index in [1.165, 1.54) is 32.1 Å². The summed E-state index contributed by atoms with van der Waals surface area (Å²) in [4.78, 5) is 0. The Hall–Kier alpha value is 0. The van der Waals surface area contributed by atoms with Crippen LogP contribution in [0.3, 0.4) is 0 Å². The van der Waals surface area contributed by atoms with E-state index >= 15 is 0 Å². The minimum absolute atomic E-state index is 0.867. The second kappa shape index (κ2) is 7.41. The van der Waals surface area contributed by atoms with Crippen molar-refractivity contribution in [1.29, 1.82) is 0 Å². The molecule has 0 nitrogen and oxygen atoms in total. The van der Waals surface area contributed by atoms with Gasteiger partial charge in [0.05, 0.1) is 0 Å². The molecule has 0 aromatic heterocycles. The summed E-state index contributed by atoms with van der Waals surface area (Å²) < 4.78 is 0. The summed E-state index contributed by atoms with van der Waals surface area (Å²) in [7, 11) is 0. The van der Waals surface area contributed by atoms with E-state index in [9.17, 15) is 0 Å². The molecule has 0 aromatic rings. The fraction of sp³-hybridized carbons (Fsp3) is 1.00. The van der Waals surface area contributed by atoms with Crippen molar-refractivity contribution in [3.63, 3.8) is 0 Å². The van der Waals surface area contributed by atoms with Gasteiger partial charge in [0.25, 0.3) is 0 Å². The highest BCUT2D eigenvalue weighted by molar-refractivity contribution is 4.68. The van der Waals surface area contributed by atoms with Gasteiger partial charge < -0.3 is 0 Å². The Morgan fingerprint density at radius 2 is 1.54 bits per heavy atom. The first-order chi connectivity index (χ1) is 6.13. The van der Waals surface area contributed by atoms with Crippen molar-refractivity contribution >= 4 is 0 Å². The maximum absolute atomic E-state index is 2.41. The summed E-state index contributed by atoms with van der Waals surface area (Å²) in [6.45, 7) is 11.8. The van der Waals surface area contributed by atoms with Crippen molar-refractivity contribution in [2.45, 2.75) is 66.7 Å². The molecule has 2 unspecified atom stereocenters. The second-order valence-corrected chi connectivity index (χ2v) is 4.79. The first-order valence-corrected chi connectivity index (χ1v) is 6.13. The van der Waals surface area contributed by atoms with Crippen LogP contribution in [0.2, 0.25) is 0 Å². The van der Waals surface area contributed by atoms with Crippen LogP contribution in [0.1, 0.15) is 66.7 Å². The summed E-state index contributed by atoms with van der Waals surface area (Å²) in [6, 6.07) is 0. The van der Waals surface area contributed by atoms with Crippen LogP contribution in [0.15, 0.2) is 0 Å². The minimum atomic E-state index is 0.867. The lowest BCUT2D eigenvalue weighted by atomic mass is 9.79. The largest absolute Gasteiger partial charge is 0.0654 e. The van der Waals surface area contributed by atoms with Crippen LogP contribution < -0.4 is 0 Å². The molecule has 2 atom stereocenters. The van der Waals surface area contributed by atoms with E-state index in [1.807, 2.05) is 0 Å². The molecule has 0 aliphatic heterocycles. The normalized spacial score (nSPS) is 16.2. The van der Waals surface area contributed by atoms with E-state index in [2.05, 4.69) is 34.6 Å². The Morgan fingerprint density at radius 1 is 0.923 bits per heavy atom. The maximum atomic E-state index is 2.41. The van der Waals surface area contributed by atoms with Gasteiger partial charge in [0.1, 0.15) is 0 Å². The van der Waals surface area contributed by atoms with Crippen molar-refractivity contribution in [2.24, 2.45) is 17.8 Å². The Balaban J connectivity index is 3.80. The molecular formula is C13H28. The number of hydrogen-bond acceptors (Lipinski definition) is 0. The lowest BCUT2D eigenvalue weighted by Gasteiger charge is -2.26. The highest BCUT2D eigenvalue weighted by Crippen LogP contribution is 2.28. The number of rotatable bonds is 7. The van der Waals surface area contributed by atoms with Gasteiger partial charge >= 0.3 is 0 Å². The Labute approximate surface area is 85.1 Å². The molecule has 0 saturated carbocycles. The summed E-state index contributed by atoms with van der Waals surface area (Å²) in [5, 5.41) is 0. The van der Waals surface area contributed by atoms with Crippen molar-refractivity contribution in [3.8, 4) is 0 Å². The summed E-state index contributed by atoms with van der Waals surface area (Å²) >= 11 is 0. The molecule has 80 valence electrons. The van der Waals surface area contributed by atoms with Crippen LogP contribution in [0.5, 0.6) is 0 Å². The van der Waals surface area contributed by atoms with E-state index < -0.39 is 0 Å². The molecule has 0 fully saturated rings.